The van der Waals surface area contributed by atoms with Crippen LogP contribution in [0.2, 0.25) is 0 Å². The van der Waals surface area contributed by atoms with E-state index in [0.29, 0.717) is 12.1 Å². The Balaban J connectivity index is 1.63. The predicted molar refractivity (Wildman–Crippen MR) is 76.5 cm³/mol. The molecule has 2 N–H and O–H groups in total. The minimum atomic E-state index is 0.353. The summed E-state index contributed by atoms with van der Waals surface area (Å²) < 4.78 is 0. The lowest BCUT2D eigenvalue weighted by molar-refractivity contribution is 0.0455. The summed E-state index contributed by atoms with van der Waals surface area (Å²) in [7, 11) is 0. The minimum absolute atomic E-state index is 0.353. The van der Waals surface area contributed by atoms with E-state index in [1.54, 1.807) is 0 Å². The van der Waals surface area contributed by atoms with Gasteiger partial charge in [0.15, 0.2) is 0 Å². The van der Waals surface area contributed by atoms with Gasteiger partial charge in [0.25, 0.3) is 0 Å². The molecule has 0 aromatic carbocycles. The lowest BCUT2D eigenvalue weighted by atomic mass is 9.80. The molecule has 18 heavy (non-hydrogen) atoms. The number of hydrogen-bond donors (Lipinski definition) is 1. The molecule has 0 bridgehead atoms. The molecule has 104 valence electrons. The fraction of sp³-hybridized carbons (Fsp3) is 1.00. The topological polar surface area (TPSA) is 29.3 Å². The van der Waals surface area contributed by atoms with Crippen LogP contribution in [0.3, 0.4) is 0 Å². The summed E-state index contributed by atoms with van der Waals surface area (Å²) >= 11 is 0. The van der Waals surface area contributed by atoms with Crippen LogP contribution in [0.25, 0.3) is 0 Å². The van der Waals surface area contributed by atoms with Crippen molar-refractivity contribution in [3.63, 3.8) is 0 Å². The largest absolute Gasteiger partial charge is 0.327 e. The standard InChI is InChI=1S/C16H30N2/c1-12(17)16-7-2-3-10-18(16)15-6-4-5-14(11-15)13-8-9-13/h12-16H,2-11,17H2,1H3. The first-order chi connectivity index (χ1) is 8.75. The zero-order valence-corrected chi connectivity index (χ0v) is 12.0. The molecule has 3 rings (SSSR count). The van der Waals surface area contributed by atoms with E-state index in [1.165, 1.54) is 64.3 Å². The lowest BCUT2D eigenvalue weighted by Gasteiger charge is -2.46. The maximum atomic E-state index is 6.23. The van der Waals surface area contributed by atoms with Gasteiger partial charge in [-0.2, -0.15) is 0 Å². The summed E-state index contributed by atoms with van der Waals surface area (Å²) in [6, 6.07) is 1.88. The summed E-state index contributed by atoms with van der Waals surface area (Å²) in [5.41, 5.74) is 6.23. The molecule has 3 aliphatic rings. The van der Waals surface area contributed by atoms with E-state index in [4.69, 9.17) is 5.73 Å². The van der Waals surface area contributed by atoms with Gasteiger partial charge in [0.1, 0.15) is 0 Å². The number of likely N-dealkylation sites (tertiary alicyclic amines) is 1. The normalized spacial score (nSPS) is 40.7. The Kier molecular flexibility index (Phi) is 3.95. The van der Waals surface area contributed by atoms with E-state index in [1.807, 2.05) is 0 Å². The van der Waals surface area contributed by atoms with Gasteiger partial charge in [0.2, 0.25) is 0 Å². The van der Waals surface area contributed by atoms with Gasteiger partial charge in [-0.25, -0.2) is 0 Å². The summed E-state index contributed by atoms with van der Waals surface area (Å²) in [6.07, 6.45) is 13.1. The van der Waals surface area contributed by atoms with Gasteiger partial charge in [0, 0.05) is 18.1 Å². The first kappa shape index (κ1) is 12.9. The van der Waals surface area contributed by atoms with Crippen molar-refractivity contribution < 1.29 is 0 Å². The molecule has 0 spiro atoms. The van der Waals surface area contributed by atoms with Crippen LogP contribution in [0.15, 0.2) is 0 Å². The fourth-order valence-corrected chi connectivity index (χ4v) is 4.50. The zero-order chi connectivity index (χ0) is 12.5. The number of piperidine rings is 1. The van der Waals surface area contributed by atoms with Crippen molar-refractivity contribution in [1.82, 2.24) is 4.90 Å². The van der Waals surface area contributed by atoms with Crippen molar-refractivity contribution in [2.75, 3.05) is 6.54 Å². The highest BCUT2D eigenvalue weighted by atomic mass is 15.2. The van der Waals surface area contributed by atoms with E-state index in [2.05, 4.69) is 11.8 Å². The van der Waals surface area contributed by atoms with Gasteiger partial charge in [-0.1, -0.05) is 19.3 Å². The minimum Gasteiger partial charge on any atom is -0.327 e. The van der Waals surface area contributed by atoms with E-state index >= 15 is 0 Å². The average molecular weight is 250 g/mol. The van der Waals surface area contributed by atoms with Crippen LogP contribution >= 0.6 is 0 Å². The van der Waals surface area contributed by atoms with Gasteiger partial charge in [-0.15, -0.1) is 0 Å². The van der Waals surface area contributed by atoms with E-state index in [-0.39, 0.29) is 0 Å². The molecule has 2 saturated carbocycles. The van der Waals surface area contributed by atoms with Gasteiger partial charge >= 0.3 is 0 Å². The predicted octanol–water partition coefficient (Wildman–Crippen LogP) is 3.16. The Bertz CT molecular complexity index is 272. The van der Waals surface area contributed by atoms with Gasteiger partial charge in [-0.3, -0.25) is 4.90 Å². The highest BCUT2D eigenvalue weighted by molar-refractivity contribution is 4.93. The van der Waals surface area contributed by atoms with Crippen LogP contribution in [0, 0.1) is 11.8 Å². The summed E-state index contributed by atoms with van der Waals surface area (Å²) in [4.78, 5) is 2.81. The Hall–Kier alpha value is -0.0800. The molecule has 0 amide bonds. The van der Waals surface area contributed by atoms with Crippen molar-refractivity contribution in [3.8, 4) is 0 Å². The number of nitrogens with two attached hydrogens (primary N) is 1. The molecule has 0 radical (unpaired) electrons. The molecule has 2 nitrogen and oxygen atoms in total. The fourth-order valence-electron chi connectivity index (χ4n) is 4.50. The first-order valence-corrected chi connectivity index (χ1v) is 8.27. The summed E-state index contributed by atoms with van der Waals surface area (Å²) in [5, 5.41) is 0. The van der Waals surface area contributed by atoms with Crippen LogP contribution < -0.4 is 5.73 Å². The number of rotatable bonds is 3. The van der Waals surface area contributed by atoms with Gasteiger partial charge in [-0.05, 0) is 63.8 Å². The second-order valence-electron chi connectivity index (χ2n) is 7.08. The van der Waals surface area contributed by atoms with E-state index in [0.717, 1.165) is 17.9 Å². The Morgan fingerprint density at radius 1 is 0.944 bits per heavy atom. The van der Waals surface area contributed by atoms with Crippen LogP contribution in [0.4, 0.5) is 0 Å². The third-order valence-electron chi connectivity index (χ3n) is 5.64. The molecule has 4 unspecified atom stereocenters. The van der Waals surface area contributed by atoms with Crippen LogP contribution in [0.1, 0.15) is 64.7 Å². The van der Waals surface area contributed by atoms with E-state index in [9.17, 15) is 0 Å². The van der Waals surface area contributed by atoms with Crippen LogP contribution in [-0.4, -0.2) is 29.6 Å². The maximum absolute atomic E-state index is 6.23. The zero-order valence-electron chi connectivity index (χ0n) is 12.0. The molecular formula is C16H30N2. The second kappa shape index (κ2) is 5.50. The van der Waals surface area contributed by atoms with Crippen LogP contribution in [-0.2, 0) is 0 Å². The molecule has 1 heterocycles. The van der Waals surface area contributed by atoms with Crippen molar-refractivity contribution in [1.29, 1.82) is 0 Å². The molecule has 3 fully saturated rings. The highest BCUT2D eigenvalue weighted by Crippen LogP contribution is 2.45. The summed E-state index contributed by atoms with van der Waals surface area (Å²) in [5.74, 6) is 2.16. The second-order valence-corrected chi connectivity index (χ2v) is 7.08. The Labute approximate surface area is 112 Å². The third kappa shape index (κ3) is 2.75. The lowest BCUT2D eigenvalue weighted by Crippen LogP contribution is -2.54. The first-order valence-electron chi connectivity index (χ1n) is 8.27. The molecule has 0 aromatic rings. The Morgan fingerprint density at radius 3 is 2.50 bits per heavy atom. The molecule has 2 aliphatic carbocycles. The highest BCUT2D eigenvalue weighted by Gasteiger charge is 2.38. The molecule has 2 heteroatoms. The molecule has 1 saturated heterocycles. The van der Waals surface area contributed by atoms with Crippen molar-refractivity contribution in [3.05, 3.63) is 0 Å². The van der Waals surface area contributed by atoms with Crippen molar-refractivity contribution in [2.24, 2.45) is 17.6 Å². The number of hydrogen-bond acceptors (Lipinski definition) is 2. The monoisotopic (exact) mass is 250 g/mol. The smallest absolute Gasteiger partial charge is 0.0247 e. The molecule has 1 aliphatic heterocycles. The summed E-state index contributed by atoms with van der Waals surface area (Å²) in [6.45, 7) is 3.53. The number of nitrogens with zero attached hydrogens (tertiary/aromatic N) is 1. The van der Waals surface area contributed by atoms with Crippen molar-refractivity contribution in [2.45, 2.75) is 82.8 Å². The SMILES string of the molecule is CC(N)C1CCCCN1C1CCCC(C2CC2)C1. The average Bonchev–Trinajstić information content (AvgIpc) is 3.23. The molecule has 0 aromatic heterocycles. The van der Waals surface area contributed by atoms with Gasteiger partial charge in [0.05, 0.1) is 0 Å². The quantitative estimate of drug-likeness (QED) is 0.833. The van der Waals surface area contributed by atoms with Crippen LogP contribution in [0.5, 0.6) is 0 Å². The molecular weight excluding hydrogens is 220 g/mol. The van der Waals surface area contributed by atoms with Crippen molar-refractivity contribution >= 4 is 0 Å². The maximum Gasteiger partial charge on any atom is 0.0247 e. The Morgan fingerprint density at radius 2 is 1.78 bits per heavy atom. The van der Waals surface area contributed by atoms with Gasteiger partial charge < -0.3 is 5.73 Å². The molecule has 4 atom stereocenters. The third-order valence-corrected chi connectivity index (χ3v) is 5.64. The van der Waals surface area contributed by atoms with E-state index < -0.39 is 0 Å².